The van der Waals surface area contributed by atoms with Crippen molar-refractivity contribution in [2.45, 2.75) is 31.2 Å². The summed E-state index contributed by atoms with van der Waals surface area (Å²) < 4.78 is 6.43. The minimum Gasteiger partial charge on any atom is -0.463 e. The molecule has 2 N–H and O–H groups in total. The predicted molar refractivity (Wildman–Crippen MR) is 85.3 cm³/mol. The Hall–Kier alpha value is -1.56. The van der Waals surface area contributed by atoms with E-state index < -0.39 is 6.03 Å². The van der Waals surface area contributed by atoms with Gasteiger partial charge in [-0.25, -0.2) is 4.79 Å². The number of halogens is 1. The minimum absolute atomic E-state index is 0.0577. The van der Waals surface area contributed by atoms with Crippen LogP contribution in [0, 0.1) is 5.92 Å². The fourth-order valence-electron chi connectivity index (χ4n) is 3.15. The van der Waals surface area contributed by atoms with Gasteiger partial charge in [0, 0.05) is 11.0 Å². The van der Waals surface area contributed by atoms with E-state index in [1.807, 2.05) is 24.3 Å². The first-order chi connectivity index (χ1) is 10.6. The normalized spacial score (nSPS) is 26.8. The van der Waals surface area contributed by atoms with Gasteiger partial charge in [0.25, 0.3) is 0 Å². The summed E-state index contributed by atoms with van der Waals surface area (Å²) in [4.78, 5) is 25.0. The summed E-state index contributed by atoms with van der Waals surface area (Å²) in [6.07, 6.45) is 2.59. The van der Waals surface area contributed by atoms with Crippen LogP contribution in [0.15, 0.2) is 28.7 Å². The van der Waals surface area contributed by atoms with E-state index in [9.17, 15) is 9.59 Å². The van der Waals surface area contributed by atoms with E-state index in [1.54, 1.807) is 4.90 Å². The Bertz CT molecular complexity index is 593. The molecule has 1 saturated carbocycles. The molecule has 0 aromatic heterocycles. The van der Waals surface area contributed by atoms with Gasteiger partial charge in [0.05, 0.1) is 12.0 Å². The van der Waals surface area contributed by atoms with E-state index >= 15 is 0 Å². The van der Waals surface area contributed by atoms with Crippen LogP contribution in [0.4, 0.5) is 4.79 Å². The number of nitrogens with zero attached hydrogens (tertiary/aromatic N) is 1. The third kappa shape index (κ3) is 3.27. The van der Waals surface area contributed by atoms with Gasteiger partial charge in [-0.3, -0.25) is 4.79 Å². The van der Waals surface area contributed by atoms with Crippen molar-refractivity contribution in [2.75, 3.05) is 13.2 Å². The highest BCUT2D eigenvalue weighted by atomic mass is 79.9. The SMILES string of the molecule is NC(=O)N1CCC[C@@H]1COC(=O)[C@@H]1C[C@@H]1c1cccc(Br)c1. The van der Waals surface area contributed by atoms with Gasteiger partial charge in [-0.15, -0.1) is 0 Å². The number of benzene rings is 1. The highest BCUT2D eigenvalue weighted by Gasteiger charge is 2.45. The van der Waals surface area contributed by atoms with Crippen molar-refractivity contribution in [1.82, 2.24) is 4.90 Å². The van der Waals surface area contributed by atoms with Crippen molar-refractivity contribution >= 4 is 27.9 Å². The highest BCUT2D eigenvalue weighted by molar-refractivity contribution is 9.10. The lowest BCUT2D eigenvalue weighted by Crippen LogP contribution is -2.42. The summed E-state index contributed by atoms with van der Waals surface area (Å²) in [5.74, 6) is 0.0276. The molecule has 2 aliphatic rings. The zero-order valence-corrected chi connectivity index (χ0v) is 13.8. The molecule has 1 aliphatic carbocycles. The Labute approximate surface area is 137 Å². The first kappa shape index (κ1) is 15.3. The van der Waals surface area contributed by atoms with Crippen LogP contribution in [0.3, 0.4) is 0 Å². The minimum atomic E-state index is -0.433. The van der Waals surface area contributed by atoms with Crippen LogP contribution in [0.5, 0.6) is 0 Å². The highest BCUT2D eigenvalue weighted by Crippen LogP contribution is 2.48. The largest absolute Gasteiger partial charge is 0.463 e. The van der Waals surface area contributed by atoms with Gasteiger partial charge in [-0.2, -0.15) is 0 Å². The van der Waals surface area contributed by atoms with Crippen molar-refractivity contribution in [3.63, 3.8) is 0 Å². The van der Waals surface area contributed by atoms with Crippen molar-refractivity contribution < 1.29 is 14.3 Å². The molecular weight excluding hydrogens is 348 g/mol. The Kier molecular flexibility index (Phi) is 4.38. The molecule has 118 valence electrons. The van der Waals surface area contributed by atoms with Crippen LogP contribution >= 0.6 is 15.9 Å². The number of likely N-dealkylation sites (tertiary alicyclic amines) is 1. The summed E-state index contributed by atoms with van der Waals surface area (Å²) in [6.45, 7) is 0.908. The van der Waals surface area contributed by atoms with Crippen LogP contribution in [0.2, 0.25) is 0 Å². The van der Waals surface area contributed by atoms with Gasteiger partial charge in [0.1, 0.15) is 6.61 Å². The molecule has 2 fully saturated rings. The number of esters is 1. The Morgan fingerprint density at radius 1 is 1.41 bits per heavy atom. The number of urea groups is 1. The van der Waals surface area contributed by atoms with Gasteiger partial charge < -0.3 is 15.4 Å². The molecule has 2 amide bonds. The molecular formula is C16H19BrN2O3. The molecule has 5 nitrogen and oxygen atoms in total. The summed E-state index contributed by atoms with van der Waals surface area (Å²) >= 11 is 3.45. The smallest absolute Gasteiger partial charge is 0.315 e. The maximum absolute atomic E-state index is 12.1. The van der Waals surface area contributed by atoms with E-state index in [4.69, 9.17) is 10.5 Å². The molecule has 3 rings (SSSR count). The molecule has 0 bridgehead atoms. The molecule has 1 aliphatic heterocycles. The molecule has 1 aromatic rings. The first-order valence-electron chi connectivity index (χ1n) is 7.54. The molecule has 0 unspecified atom stereocenters. The van der Waals surface area contributed by atoms with Crippen LogP contribution in [-0.4, -0.2) is 36.1 Å². The van der Waals surface area contributed by atoms with Gasteiger partial charge >= 0.3 is 12.0 Å². The molecule has 3 atom stereocenters. The Morgan fingerprint density at radius 2 is 2.23 bits per heavy atom. The second kappa shape index (κ2) is 6.28. The second-order valence-electron chi connectivity index (χ2n) is 5.96. The fraction of sp³-hybridized carbons (Fsp3) is 0.500. The van der Waals surface area contributed by atoms with Crippen LogP contribution in [0.25, 0.3) is 0 Å². The van der Waals surface area contributed by atoms with Crippen LogP contribution < -0.4 is 5.73 Å². The van der Waals surface area contributed by atoms with E-state index in [0.29, 0.717) is 6.54 Å². The van der Waals surface area contributed by atoms with E-state index in [1.165, 1.54) is 0 Å². The number of carbonyl (C=O) groups excluding carboxylic acids is 2. The lowest BCUT2D eigenvalue weighted by atomic mass is 10.1. The topological polar surface area (TPSA) is 72.6 Å². The van der Waals surface area contributed by atoms with Crippen molar-refractivity contribution in [3.05, 3.63) is 34.3 Å². The zero-order valence-electron chi connectivity index (χ0n) is 12.2. The average molecular weight is 367 g/mol. The van der Waals surface area contributed by atoms with Gasteiger partial charge in [-0.05, 0) is 42.9 Å². The molecule has 1 heterocycles. The van der Waals surface area contributed by atoms with Crippen molar-refractivity contribution in [3.8, 4) is 0 Å². The molecule has 22 heavy (non-hydrogen) atoms. The summed E-state index contributed by atoms with van der Waals surface area (Å²) in [6, 6.07) is 7.53. The Balaban J connectivity index is 1.51. The van der Waals surface area contributed by atoms with Crippen molar-refractivity contribution in [2.24, 2.45) is 11.7 Å². The van der Waals surface area contributed by atoms with Crippen LogP contribution in [0.1, 0.15) is 30.7 Å². The predicted octanol–water partition coefficient (Wildman–Crippen LogP) is 2.64. The Morgan fingerprint density at radius 3 is 2.95 bits per heavy atom. The van der Waals surface area contributed by atoms with Gasteiger partial charge in [0.15, 0.2) is 0 Å². The number of hydrogen-bond acceptors (Lipinski definition) is 3. The van der Waals surface area contributed by atoms with Gasteiger partial charge in [0.2, 0.25) is 0 Å². The lowest BCUT2D eigenvalue weighted by Gasteiger charge is -2.22. The van der Waals surface area contributed by atoms with Gasteiger partial charge in [-0.1, -0.05) is 28.1 Å². The second-order valence-corrected chi connectivity index (χ2v) is 6.88. The maximum atomic E-state index is 12.1. The lowest BCUT2D eigenvalue weighted by molar-refractivity contribution is -0.146. The summed E-state index contributed by atoms with van der Waals surface area (Å²) in [7, 11) is 0. The van der Waals surface area contributed by atoms with Crippen molar-refractivity contribution in [1.29, 1.82) is 0 Å². The average Bonchev–Trinajstić information content (AvgIpc) is 3.15. The number of amides is 2. The van der Waals surface area contributed by atoms with E-state index in [-0.39, 0.29) is 30.5 Å². The zero-order chi connectivity index (χ0) is 15.7. The number of primary amides is 1. The summed E-state index contributed by atoms with van der Waals surface area (Å²) in [5.41, 5.74) is 6.48. The molecule has 0 spiro atoms. The fourth-order valence-corrected chi connectivity index (χ4v) is 3.56. The maximum Gasteiger partial charge on any atom is 0.315 e. The molecule has 1 saturated heterocycles. The summed E-state index contributed by atoms with van der Waals surface area (Å²) in [5, 5.41) is 0. The third-order valence-electron chi connectivity index (χ3n) is 4.45. The quantitative estimate of drug-likeness (QED) is 0.832. The number of carbonyl (C=O) groups is 2. The van der Waals surface area contributed by atoms with E-state index in [2.05, 4.69) is 15.9 Å². The first-order valence-corrected chi connectivity index (χ1v) is 8.33. The molecule has 6 heteroatoms. The van der Waals surface area contributed by atoms with E-state index in [0.717, 1.165) is 29.3 Å². The third-order valence-corrected chi connectivity index (χ3v) is 4.94. The molecule has 0 radical (unpaired) electrons. The number of rotatable bonds is 4. The van der Waals surface area contributed by atoms with Crippen LogP contribution in [-0.2, 0) is 9.53 Å². The standard InChI is InChI=1S/C16H19BrN2O3/c17-11-4-1-3-10(7-11)13-8-14(13)15(20)22-9-12-5-2-6-19(12)16(18)21/h1,3-4,7,12-14H,2,5-6,8-9H2,(H2,18,21)/t12-,13-,14-/m1/s1. The monoisotopic (exact) mass is 366 g/mol. The number of hydrogen-bond donors (Lipinski definition) is 1. The number of ether oxygens (including phenoxy) is 1. The molecule has 1 aromatic carbocycles. The number of nitrogens with two attached hydrogens (primary N) is 1.